The normalized spacial score (nSPS) is 13.4. The first kappa shape index (κ1) is 27.7. The zero-order valence-corrected chi connectivity index (χ0v) is 22.2. The highest BCUT2D eigenvalue weighted by Gasteiger charge is 2.23. The molecule has 1 heterocycles. The van der Waals surface area contributed by atoms with Crippen molar-refractivity contribution < 1.29 is 23.5 Å². The summed E-state index contributed by atoms with van der Waals surface area (Å²) in [5, 5.41) is 0.324. The van der Waals surface area contributed by atoms with Gasteiger partial charge in [-0.1, -0.05) is 17.7 Å². The second kappa shape index (κ2) is 11.9. The third-order valence-electron chi connectivity index (χ3n) is 6.14. The van der Waals surface area contributed by atoms with Crippen molar-refractivity contribution in [3.8, 4) is 0 Å². The van der Waals surface area contributed by atoms with Gasteiger partial charge in [-0.2, -0.15) is 0 Å². The monoisotopic (exact) mass is 516 g/mol. The molecule has 2 aromatic carbocycles. The summed E-state index contributed by atoms with van der Waals surface area (Å²) in [6.07, 6.45) is 2.73. The van der Waals surface area contributed by atoms with E-state index >= 15 is 0 Å². The molecule has 0 unspecified atom stereocenters. The van der Waals surface area contributed by atoms with Crippen LogP contribution in [0.15, 0.2) is 36.4 Å². The van der Waals surface area contributed by atoms with Crippen molar-refractivity contribution in [2.45, 2.75) is 64.9 Å². The van der Waals surface area contributed by atoms with Gasteiger partial charge in [0.15, 0.2) is 5.78 Å². The Balaban J connectivity index is 1.56. The molecule has 36 heavy (non-hydrogen) atoms. The van der Waals surface area contributed by atoms with Gasteiger partial charge >= 0.3 is 6.09 Å². The van der Waals surface area contributed by atoms with E-state index in [-0.39, 0.29) is 11.7 Å². The van der Waals surface area contributed by atoms with Gasteiger partial charge in [-0.25, -0.2) is 9.18 Å². The average molecular weight is 517 g/mol. The molecular formula is C28H34ClFN2O4. The van der Waals surface area contributed by atoms with Crippen LogP contribution in [0.5, 0.6) is 0 Å². The van der Waals surface area contributed by atoms with E-state index in [1.54, 1.807) is 29.0 Å². The standard InChI is InChI=1S/C28H34ClFN2O4/c1-28(2,3)36-27(35)32(16-14-19-8-11-22(30)18-23(19)29)15-6-5-7-25(33)21-9-12-24-20(17-21)10-13-26(34)31(24)4/h8-9,11-12,17-18H,5-7,10,13-16H2,1-4H3. The van der Waals surface area contributed by atoms with Gasteiger partial charge in [0, 0.05) is 49.3 Å². The van der Waals surface area contributed by atoms with E-state index < -0.39 is 17.5 Å². The first-order valence-electron chi connectivity index (χ1n) is 12.3. The maximum atomic E-state index is 13.4. The second-order valence-corrected chi connectivity index (χ2v) is 10.5. The number of nitrogens with zero attached hydrogens (tertiary/aromatic N) is 2. The minimum Gasteiger partial charge on any atom is -0.444 e. The number of benzene rings is 2. The van der Waals surface area contributed by atoms with Crippen LogP contribution in [0, 0.1) is 5.82 Å². The number of ketones is 1. The zero-order valence-electron chi connectivity index (χ0n) is 21.4. The Labute approximate surface area is 217 Å². The molecular weight excluding hydrogens is 483 g/mol. The summed E-state index contributed by atoms with van der Waals surface area (Å²) in [4.78, 5) is 40.7. The molecule has 0 aliphatic carbocycles. The summed E-state index contributed by atoms with van der Waals surface area (Å²) < 4.78 is 18.9. The Kier molecular flexibility index (Phi) is 9.12. The molecule has 0 radical (unpaired) electrons. The van der Waals surface area contributed by atoms with Gasteiger partial charge in [0.05, 0.1) is 0 Å². The molecule has 3 rings (SSSR count). The summed E-state index contributed by atoms with van der Waals surface area (Å²) in [5.74, 6) is -0.283. The van der Waals surface area contributed by atoms with E-state index in [2.05, 4.69) is 0 Å². The van der Waals surface area contributed by atoms with Gasteiger partial charge in [-0.3, -0.25) is 9.59 Å². The first-order chi connectivity index (χ1) is 16.9. The summed E-state index contributed by atoms with van der Waals surface area (Å²) in [7, 11) is 1.75. The van der Waals surface area contributed by atoms with Crippen molar-refractivity contribution in [1.29, 1.82) is 0 Å². The lowest BCUT2D eigenvalue weighted by Gasteiger charge is -2.27. The number of fused-ring (bicyclic) bond motifs is 1. The summed E-state index contributed by atoms with van der Waals surface area (Å²) in [5.41, 5.74) is 2.63. The Morgan fingerprint density at radius 1 is 1.08 bits per heavy atom. The zero-order chi connectivity index (χ0) is 26.5. The molecule has 1 aliphatic heterocycles. The lowest BCUT2D eigenvalue weighted by Crippen LogP contribution is -2.38. The number of hydrogen-bond acceptors (Lipinski definition) is 4. The number of ether oxygens (including phenoxy) is 1. The molecule has 2 aromatic rings. The molecule has 194 valence electrons. The molecule has 0 bridgehead atoms. The Bertz CT molecular complexity index is 1130. The van der Waals surface area contributed by atoms with Crippen LogP contribution < -0.4 is 4.90 Å². The molecule has 0 atom stereocenters. The molecule has 0 saturated carbocycles. The smallest absolute Gasteiger partial charge is 0.410 e. The topological polar surface area (TPSA) is 66.9 Å². The second-order valence-electron chi connectivity index (χ2n) is 10.1. The number of carbonyl (C=O) groups excluding carboxylic acids is 3. The van der Waals surface area contributed by atoms with Gasteiger partial charge in [-0.15, -0.1) is 0 Å². The number of unbranched alkanes of at least 4 members (excludes halogenated alkanes) is 1. The Hall–Kier alpha value is -2.93. The van der Waals surface area contributed by atoms with Crippen molar-refractivity contribution in [3.05, 3.63) is 63.9 Å². The Morgan fingerprint density at radius 3 is 2.53 bits per heavy atom. The van der Waals surface area contributed by atoms with Crippen LogP contribution in [0.2, 0.25) is 5.02 Å². The minimum atomic E-state index is -0.635. The number of rotatable bonds is 9. The molecule has 0 spiro atoms. The van der Waals surface area contributed by atoms with E-state index in [0.29, 0.717) is 62.2 Å². The summed E-state index contributed by atoms with van der Waals surface area (Å²) >= 11 is 6.15. The van der Waals surface area contributed by atoms with Crippen molar-refractivity contribution >= 4 is 35.1 Å². The van der Waals surface area contributed by atoms with Crippen LogP contribution in [-0.4, -0.2) is 48.4 Å². The van der Waals surface area contributed by atoms with E-state index in [1.807, 2.05) is 32.9 Å². The highest BCUT2D eigenvalue weighted by molar-refractivity contribution is 6.31. The van der Waals surface area contributed by atoms with Crippen LogP contribution >= 0.6 is 11.6 Å². The van der Waals surface area contributed by atoms with Gasteiger partial charge < -0.3 is 14.5 Å². The predicted molar refractivity (Wildman–Crippen MR) is 139 cm³/mol. The number of Topliss-reactive ketones (excluding diaryl/α,β-unsaturated/α-hetero) is 1. The highest BCUT2D eigenvalue weighted by atomic mass is 35.5. The SMILES string of the molecule is CN1C(=O)CCc2cc(C(=O)CCCCN(CCc3ccc(F)cc3Cl)C(=O)OC(C)(C)C)ccc21. The van der Waals surface area contributed by atoms with Crippen molar-refractivity contribution in [1.82, 2.24) is 4.90 Å². The van der Waals surface area contributed by atoms with Crippen LogP contribution in [-0.2, 0) is 22.4 Å². The quantitative estimate of drug-likeness (QED) is 0.293. The van der Waals surface area contributed by atoms with E-state index in [1.165, 1.54) is 12.1 Å². The Morgan fingerprint density at radius 2 is 1.83 bits per heavy atom. The fraction of sp³-hybridized carbons (Fsp3) is 0.464. The molecule has 0 aromatic heterocycles. The summed E-state index contributed by atoms with van der Waals surface area (Å²) in [6.45, 7) is 6.23. The molecule has 0 N–H and O–H groups in total. The average Bonchev–Trinajstić information content (AvgIpc) is 2.80. The number of hydrogen-bond donors (Lipinski definition) is 0. The van der Waals surface area contributed by atoms with Crippen LogP contribution in [0.4, 0.5) is 14.9 Å². The predicted octanol–water partition coefficient (Wildman–Crippen LogP) is 6.22. The third kappa shape index (κ3) is 7.53. The number of halogens is 2. The lowest BCUT2D eigenvalue weighted by atomic mass is 9.96. The number of anilines is 1. The molecule has 0 saturated heterocycles. The minimum absolute atomic E-state index is 0.0410. The maximum Gasteiger partial charge on any atom is 0.410 e. The highest BCUT2D eigenvalue weighted by Crippen LogP contribution is 2.28. The summed E-state index contributed by atoms with van der Waals surface area (Å²) in [6, 6.07) is 9.73. The van der Waals surface area contributed by atoms with Gasteiger partial charge in [0.25, 0.3) is 0 Å². The van der Waals surface area contributed by atoms with Crippen molar-refractivity contribution in [2.24, 2.45) is 0 Å². The first-order valence-corrected chi connectivity index (χ1v) is 12.7. The lowest BCUT2D eigenvalue weighted by molar-refractivity contribution is -0.118. The van der Waals surface area contributed by atoms with Crippen molar-refractivity contribution in [3.63, 3.8) is 0 Å². The third-order valence-corrected chi connectivity index (χ3v) is 6.50. The van der Waals surface area contributed by atoms with Crippen LogP contribution in [0.1, 0.15) is 67.9 Å². The molecule has 2 amide bonds. The van der Waals surface area contributed by atoms with Gasteiger partial charge in [0.2, 0.25) is 5.91 Å². The maximum absolute atomic E-state index is 13.4. The van der Waals surface area contributed by atoms with Gasteiger partial charge in [-0.05, 0) is 87.9 Å². The van der Waals surface area contributed by atoms with E-state index in [9.17, 15) is 18.8 Å². The van der Waals surface area contributed by atoms with E-state index in [0.717, 1.165) is 16.8 Å². The molecule has 0 fully saturated rings. The van der Waals surface area contributed by atoms with E-state index in [4.69, 9.17) is 16.3 Å². The fourth-order valence-electron chi connectivity index (χ4n) is 4.16. The number of aryl methyl sites for hydroxylation is 1. The molecule has 1 aliphatic rings. The fourth-order valence-corrected chi connectivity index (χ4v) is 4.43. The molecule has 8 heteroatoms. The molecule has 6 nitrogen and oxygen atoms in total. The largest absolute Gasteiger partial charge is 0.444 e. The number of carbonyl (C=O) groups is 3. The number of amides is 2. The van der Waals surface area contributed by atoms with Crippen LogP contribution in [0.3, 0.4) is 0 Å². The van der Waals surface area contributed by atoms with Crippen LogP contribution in [0.25, 0.3) is 0 Å². The van der Waals surface area contributed by atoms with Gasteiger partial charge in [0.1, 0.15) is 11.4 Å². The van der Waals surface area contributed by atoms with Crippen molar-refractivity contribution in [2.75, 3.05) is 25.0 Å².